The van der Waals surface area contributed by atoms with Gasteiger partial charge >= 0.3 is 0 Å². The van der Waals surface area contributed by atoms with E-state index in [-0.39, 0.29) is 34.4 Å². The Balaban J connectivity index is 1.25. The van der Waals surface area contributed by atoms with Gasteiger partial charge in [-0.25, -0.2) is 8.78 Å². The van der Waals surface area contributed by atoms with E-state index in [1.807, 2.05) is 0 Å². The molecule has 28 heavy (non-hydrogen) atoms. The smallest absolute Gasteiger partial charge is 0.258 e. The van der Waals surface area contributed by atoms with Crippen molar-refractivity contribution in [2.45, 2.75) is 30.3 Å². The molecule has 6 nitrogen and oxygen atoms in total. The molecule has 146 valence electrons. The average Bonchev–Trinajstić information content (AvgIpc) is 2.60. The Morgan fingerprint density at radius 2 is 1.82 bits per heavy atom. The fraction of sp³-hybridized carbons (Fsp3) is 0.316. The topological polar surface area (TPSA) is 80.3 Å². The Morgan fingerprint density at radius 3 is 2.50 bits per heavy atom. The van der Waals surface area contributed by atoms with E-state index < -0.39 is 23.1 Å². The Labute approximate surface area is 164 Å². The molecule has 3 fully saturated rings. The van der Waals surface area contributed by atoms with Gasteiger partial charge in [0.25, 0.3) is 11.8 Å². The number of carbonyl (C=O) groups excluding carboxylic acids is 2. The first-order valence-corrected chi connectivity index (χ1v) is 8.99. The molecule has 3 saturated carbocycles. The van der Waals surface area contributed by atoms with Gasteiger partial charge in [-0.15, -0.1) is 0 Å². The van der Waals surface area contributed by atoms with Gasteiger partial charge in [-0.05, 0) is 37.5 Å². The monoisotopic (exact) mass is 407 g/mol. The molecule has 3 aliphatic rings. The van der Waals surface area contributed by atoms with Crippen molar-refractivity contribution < 1.29 is 23.1 Å². The van der Waals surface area contributed by atoms with Crippen LogP contribution in [0.25, 0.3) is 0 Å². The maximum atomic E-state index is 13.6. The fourth-order valence-electron chi connectivity index (χ4n) is 3.97. The van der Waals surface area contributed by atoms with Gasteiger partial charge in [0.15, 0.2) is 12.4 Å². The summed E-state index contributed by atoms with van der Waals surface area (Å²) in [5.41, 5.74) is -0.850. The van der Waals surface area contributed by atoms with Crippen molar-refractivity contribution >= 4 is 23.4 Å². The lowest BCUT2D eigenvalue weighted by molar-refractivity contribution is -0.141. The van der Waals surface area contributed by atoms with E-state index in [1.54, 1.807) is 0 Å². The first kappa shape index (κ1) is 18.6. The van der Waals surface area contributed by atoms with Crippen LogP contribution in [0.3, 0.4) is 0 Å². The van der Waals surface area contributed by atoms with Crippen molar-refractivity contribution in [3.8, 4) is 5.75 Å². The molecule has 1 aromatic carbocycles. The van der Waals surface area contributed by atoms with E-state index >= 15 is 0 Å². The molecule has 1 aromatic heterocycles. The highest BCUT2D eigenvalue weighted by Crippen LogP contribution is 2.60. The summed E-state index contributed by atoms with van der Waals surface area (Å²) in [7, 11) is 0. The Kier molecular flexibility index (Phi) is 4.45. The number of hydrogen-bond donors (Lipinski definition) is 2. The number of pyridine rings is 1. The number of nitrogens with one attached hydrogen (secondary N) is 2. The summed E-state index contributed by atoms with van der Waals surface area (Å²) in [4.78, 5) is 27.9. The molecule has 0 aliphatic heterocycles. The summed E-state index contributed by atoms with van der Waals surface area (Å²) < 4.78 is 32.3. The fourth-order valence-corrected chi connectivity index (χ4v) is 4.09. The van der Waals surface area contributed by atoms with Crippen molar-refractivity contribution in [2.75, 3.05) is 6.61 Å². The van der Waals surface area contributed by atoms with Gasteiger partial charge in [-0.2, -0.15) is 0 Å². The SMILES string of the molecule is O=C(COc1ccc(Cl)c(F)c1)NC12CC(NC(=O)c3ccncc3F)(C1)C2. The van der Waals surface area contributed by atoms with Crippen LogP contribution in [0.5, 0.6) is 5.75 Å². The van der Waals surface area contributed by atoms with Gasteiger partial charge in [-0.3, -0.25) is 14.6 Å². The van der Waals surface area contributed by atoms with Gasteiger partial charge in [0.2, 0.25) is 0 Å². The van der Waals surface area contributed by atoms with Gasteiger partial charge in [0, 0.05) is 23.3 Å². The van der Waals surface area contributed by atoms with Crippen LogP contribution < -0.4 is 15.4 Å². The molecule has 0 radical (unpaired) electrons. The van der Waals surface area contributed by atoms with Crippen LogP contribution in [0, 0.1) is 11.6 Å². The first-order valence-electron chi connectivity index (χ1n) is 8.61. The predicted octanol–water partition coefficient (Wildman–Crippen LogP) is 2.61. The molecule has 5 rings (SSSR count). The third kappa shape index (κ3) is 3.40. The third-order valence-corrected chi connectivity index (χ3v) is 5.40. The Morgan fingerprint density at radius 1 is 1.11 bits per heavy atom. The van der Waals surface area contributed by atoms with E-state index in [9.17, 15) is 18.4 Å². The molecule has 0 unspecified atom stereocenters. The standard InChI is InChI=1S/C19H16ClF2N3O3/c20-13-2-1-11(5-14(13)21)28-7-16(26)24-18-8-19(9-18,10-18)25-17(27)12-3-4-23-6-15(12)22/h1-6H,7-10H2,(H,24,26)(H,25,27). The van der Waals surface area contributed by atoms with E-state index in [1.165, 1.54) is 24.4 Å². The van der Waals surface area contributed by atoms with E-state index in [4.69, 9.17) is 16.3 Å². The van der Waals surface area contributed by atoms with Crippen LogP contribution in [0.15, 0.2) is 36.7 Å². The number of rotatable bonds is 6. The summed E-state index contributed by atoms with van der Waals surface area (Å²) in [6.07, 6.45) is 4.05. The minimum absolute atomic E-state index is 0.0235. The van der Waals surface area contributed by atoms with Crippen LogP contribution in [0.2, 0.25) is 5.02 Å². The summed E-state index contributed by atoms with van der Waals surface area (Å²) in [6.45, 7) is -0.260. The zero-order valence-corrected chi connectivity index (χ0v) is 15.4. The maximum absolute atomic E-state index is 13.6. The maximum Gasteiger partial charge on any atom is 0.258 e. The molecular weight excluding hydrogens is 392 g/mol. The number of benzene rings is 1. The molecule has 9 heteroatoms. The third-order valence-electron chi connectivity index (χ3n) is 5.09. The van der Waals surface area contributed by atoms with Crippen LogP contribution in [0.4, 0.5) is 8.78 Å². The zero-order chi connectivity index (χ0) is 19.9. The van der Waals surface area contributed by atoms with Crippen LogP contribution in [-0.4, -0.2) is 34.5 Å². The van der Waals surface area contributed by atoms with Gasteiger partial charge in [0.05, 0.1) is 16.8 Å². The van der Waals surface area contributed by atoms with Crippen molar-refractivity contribution in [3.05, 3.63) is 58.9 Å². The molecule has 2 aromatic rings. The number of ether oxygens (including phenoxy) is 1. The number of amides is 2. The molecular formula is C19H16ClF2N3O3. The molecule has 2 N–H and O–H groups in total. The Hall–Kier alpha value is -2.74. The molecule has 0 spiro atoms. The summed E-state index contributed by atoms with van der Waals surface area (Å²) in [6, 6.07) is 5.26. The van der Waals surface area contributed by atoms with Gasteiger partial charge in [0.1, 0.15) is 11.6 Å². The minimum Gasteiger partial charge on any atom is -0.484 e. The highest BCUT2D eigenvalue weighted by molar-refractivity contribution is 6.30. The summed E-state index contributed by atoms with van der Waals surface area (Å²) in [5.74, 6) is -1.92. The van der Waals surface area contributed by atoms with Crippen LogP contribution in [0.1, 0.15) is 29.6 Å². The van der Waals surface area contributed by atoms with Crippen molar-refractivity contribution in [1.29, 1.82) is 0 Å². The lowest BCUT2D eigenvalue weighted by Crippen LogP contribution is -2.84. The number of aromatic nitrogens is 1. The number of halogens is 3. The molecule has 2 bridgehead atoms. The number of carbonyl (C=O) groups is 2. The molecule has 1 heterocycles. The summed E-state index contributed by atoms with van der Waals surface area (Å²) >= 11 is 5.60. The molecule has 0 atom stereocenters. The normalized spacial score (nSPS) is 24.5. The minimum atomic E-state index is -0.676. The van der Waals surface area contributed by atoms with Crippen molar-refractivity contribution in [1.82, 2.24) is 15.6 Å². The molecule has 3 aliphatic carbocycles. The average molecular weight is 408 g/mol. The summed E-state index contributed by atoms with van der Waals surface area (Å²) in [5, 5.41) is 5.70. The second kappa shape index (κ2) is 6.70. The van der Waals surface area contributed by atoms with Gasteiger partial charge in [-0.1, -0.05) is 11.6 Å². The highest BCUT2D eigenvalue weighted by atomic mass is 35.5. The van der Waals surface area contributed by atoms with E-state index in [0.717, 1.165) is 12.3 Å². The second-order valence-electron chi connectivity index (χ2n) is 7.31. The van der Waals surface area contributed by atoms with Crippen LogP contribution >= 0.6 is 11.6 Å². The molecule has 2 amide bonds. The largest absolute Gasteiger partial charge is 0.484 e. The number of hydrogen-bond acceptors (Lipinski definition) is 4. The lowest BCUT2D eigenvalue weighted by Gasteiger charge is -2.70. The van der Waals surface area contributed by atoms with Gasteiger partial charge < -0.3 is 15.4 Å². The first-order chi connectivity index (χ1) is 13.3. The zero-order valence-electron chi connectivity index (χ0n) is 14.6. The second-order valence-corrected chi connectivity index (χ2v) is 7.72. The number of nitrogens with zero attached hydrogens (tertiary/aromatic N) is 1. The van der Waals surface area contributed by atoms with E-state index in [0.29, 0.717) is 19.3 Å². The molecule has 0 saturated heterocycles. The van der Waals surface area contributed by atoms with Crippen molar-refractivity contribution in [3.63, 3.8) is 0 Å². The van der Waals surface area contributed by atoms with E-state index in [2.05, 4.69) is 15.6 Å². The lowest BCUT2D eigenvalue weighted by atomic mass is 9.44. The predicted molar refractivity (Wildman–Crippen MR) is 96.0 cm³/mol. The highest BCUT2D eigenvalue weighted by Gasteiger charge is 2.69. The quantitative estimate of drug-likeness (QED) is 0.771. The van der Waals surface area contributed by atoms with Crippen LogP contribution in [-0.2, 0) is 4.79 Å². The van der Waals surface area contributed by atoms with Crippen molar-refractivity contribution in [2.24, 2.45) is 0 Å². The Bertz CT molecular complexity index is 949.